The minimum absolute atomic E-state index is 0. The summed E-state index contributed by atoms with van der Waals surface area (Å²) in [5, 5.41) is 5.04. The van der Waals surface area contributed by atoms with Crippen LogP contribution >= 0.6 is 24.2 Å². The zero-order valence-electron chi connectivity index (χ0n) is 7.14. The first kappa shape index (κ1) is 10.8. The molecule has 3 nitrogen and oxygen atoms in total. The maximum Gasteiger partial charge on any atom is 0.115 e. The van der Waals surface area contributed by atoms with Gasteiger partial charge in [-0.25, -0.2) is 4.98 Å². The third-order valence-corrected chi connectivity index (χ3v) is 3.03. The van der Waals surface area contributed by atoms with Crippen molar-refractivity contribution in [1.29, 1.82) is 0 Å². The fraction of sp³-hybridized carbons (Fsp3) is 0.500. The van der Waals surface area contributed by atoms with Gasteiger partial charge in [-0.15, -0.1) is 24.2 Å². The Hall–Kier alpha value is -0.320. The van der Waals surface area contributed by atoms with Crippen LogP contribution in [0.25, 0.3) is 0 Å². The molecule has 1 aromatic heterocycles. The summed E-state index contributed by atoms with van der Waals surface area (Å²) in [7, 11) is 0. The average molecular weight is 218 g/mol. The summed E-state index contributed by atoms with van der Waals surface area (Å²) in [6.45, 7) is 2.24. The lowest BCUT2D eigenvalue weighted by atomic mass is 10.4. The lowest BCUT2D eigenvalue weighted by Gasteiger charge is -2.05. The van der Waals surface area contributed by atoms with Crippen LogP contribution in [-0.4, -0.2) is 28.3 Å². The van der Waals surface area contributed by atoms with E-state index < -0.39 is 0 Å². The number of rotatable bonds is 2. The smallest absolute Gasteiger partial charge is 0.115 e. The maximum atomic E-state index is 4.21. The second-order valence-electron chi connectivity index (χ2n) is 2.78. The van der Waals surface area contributed by atoms with E-state index in [2.05, 4.69) is 15.3 Å². The topological polar surface area (TPSA) is 37.8 Å². The number of halogens is 1. The van der Waals surface area contributed by atoms with Crippen molar-refractivity contribution in [3.63, 3.8) is 0 Å². The Morgan fingerprint density at radius 3 is 3.00 bits per heavy atom. The Balaban J connectivity index is 0.000000845. The summed E-state index contributed by atoms with van der Waals surface area (Å²) >= 11 is 1.82. The van der Waals surface area contributed by atoms with Gasteiger partial charge in [-0.05, 0) is 13.0 Å². The van der Waals surface area contributed by atoms with Crippen molar-refractivity contribution in [2.75, 3.05) is 13.1 Å². The maximum absolute atomic E-state index is 4.21. The molecule has 0 unspecified atom stereocenters. The lowest BCUT2D eigenvalue weighted by Crippen LogP contribution is -2.10. The third-order valence-electron chi connectivity index (χ3n) is 1.84. The molecule has 0 aromatic carbocycles. The molecule has 1 atom stereocenters. The third kappa shape index (κ3) is 3.14. The van der Waals surface area contributed by atoms with Gasteiger partial charge >= 0.3 is 0 Å². The van der Waals surface area contributed by atoms with Crippen LogP contribution in [0.4, 0.5) is 0 Å². The second-order valence-corrected chi connectivity index (χ2v) is 4.10. The Labute approximate surface area is 88.2 Å². The largest absolute Gasteiger partial charge is 0.316 e. The first-order valence-electron chi connectivity index (χ1n) is 4.08. The van der Waals surface area contributed by atoms with Crippen LogP contribution in [0.2, 0.25) is 0 Å². The number of thioether (sulfide) groups is 1. The van der Waals surface area contributed by atoms with Crippen LogP contribution in [0.1, 0.15) is 6.42 Å². The molecule has 13 heavy (non-hydrogen) atoms. The average Bonchev–Trinajstić information content (AvgIpc) is 2.59. The fourth-order valence-corrected chi connectivity index (χ4v) is 2.27. The normalized spacial score (nSPS) is 21.1. The summed E-state index contributed by atoms with van der Waals surface area (Å²) in [6, 6.07) is 0. The molecular formula is C8H12ClN3S. The number of nitrogens with one attached hydrogen (secondary N) is 1. The van der Waals surface area contributed by atoms with Gasteiger partial charge < -0.3 is 5.32 Å². The van der Waals surface area contributed by atoms with Gasteiger partial charge in [-0.3, -0.25) is 4.98 Å². The van der Waals surface area contributed by atoms with Crippen LogP contribution < -0.4 is 5.32 Å². The molecule has 1 aliphatic rings. The van der Waals surface area contributed by atoms with E-state index in [0.717, 1.165) is 18.1 Å². The predicted molar refractivity (Wildman–Crippen MR) is 56.4 cm³/mol. The van der Waals surface area contributed by atoms with Crippen molar-refractivity contribution < 1.29 is 0 Å². The first-order valence-corrected chi connectivity index (χ1v) is 4.96. The van der Waals surface area contributed by atoms with Gasteiger partial charge in [0.05, 0.1) is 6.20 Å². The molecule has 1 N–H and O–H groups in total. The van der Waals surface area contributed by atoms with Crippen LogP contribution in [0, 0.1) is 0 Å². The Morgan fingerprint density at radius 1 is 1.46 bits per heavy atom. The molecule has 1 aromatic rings. The number of aromatic nitrogens is 2. The van der Waals surface area contributed by atoms with E-state index in [4.69, 9.17) is 0 Å². The summed E-state index contributed by atoms with van der Waals surface area (Å²) in [5.74, 6) is 0. The highest BCUT2D eigenvalue weighted by Crippen LogP contribution is 2.23. The van der Waals surface area contributed by atoms with Crippen molar-refractivity contribution in [2.24, 2.45) is 0 Å². The van der Waals surface area contributed by atoms with Crippen LogP contribution in [0.3, 0.4) is 0 Å². The highest BCUT2D eigenvalue weighted by Gasteiger charge is 2.15. The van der Waals surface area contributed by atoms with Gasteiger partial charge in [0.1, 0.15) is 5.03 Å². The molecule has 0 aliphatic carbocycles. The predicted octanol–water partition coefficient (Wildman–Crippen LogP) is 1.35. The second kappa shape index (κ2) is 5.42. The highest BCUT2D eigenvalue weighted by atomic mass is 35.5. The quantitative estimate of drug-likeness (QED) is 0.812. The van der Waals surface area contributed by atoms with E-state index in [1.54, 1.807) is 12.4 Å². The molecule has 1 fully saturated rings. The van der Waals surface area contributed by atoms with Crippen molar-refractivity contribution in [2.45, 2.75) is 16.7 Å². The van der Waals surface area contributed by atoms with Gasteiger partial charge in [0.2, 0.25) is 0 Å². The highest BCUT2D eigenvalue weighted by molar-refractivity contribution is 7.99. The molecule has 5 heteroatoms. The van der Waals surface area contributed by atoms with Crippen LogP contribution in [0.5, 0.6) is 0 Å². The molecule has 0 radical (unpaired) electrons. The molecular weight excluding hydrogens is 206 g/mol. The molecule has 0 bridgehead atoms. The zero-order valence-corrected chi connectivity index (χ0v) is 8.77. The minimum atomic E-state index is 0. The van der Waals surface area contributed by atoms with Gasteiger partial charge in [0.25, 0.3) is 0 Å². The molecule has 1 aliphatic heterocycles. The van der Waals surface area contributed by atoms with E-state index in [1.165, 1.54) is 6.42 Å². The minimum Gasteiger partial charge on any atom is -0.316 e. The first-order chi connectivity index (χ1) is 5.95. The Morgan fingerprint density at radius 2 is 2.38 bits per heavy atom. The number of nitrogens with zero attached hydrogens (tertiary/aromatic N) is 2. The summed E-state index contributed by atoms with van der Waals surface area (Å²) in [5.41, 5.74) is 0. The van der Waals surface area contributed by atoms with Crippen molar-refractivity contribution in [3.05, 3.63) is 18.6 Å². The van der Waals surface area contributed by atoms with Gasteiger partial charge in [0.15, 0.2) is 0 Å². The van der Waals surface area contributed by atoms with E-state index in [1.807, 2.05) is 18.0 Å². The van der Waals surface area contributed by atoms with Gasteiger partial charge in [0, 0.05) is 24.2 Å². The van der Waals surface area contributed by atoms with E-state index in [-0.39, 0.29) is 12.4 Å². The van der Waals surface area contributed by atoms with Crippen molar-refractivity contribution in [3.8, 4) is 0 Å². The van der Waals surface area contributed by atoms with E-state index >= 15 is 0 Å². The molecule has 0 amide bonds. The van der Waals surface area contributed by atoms with Gasteiger partial charge in [-0.1, -0.05) is 0 Å². The van der Waals surface area contributed by atoms with E-state index in [0.29, 0.717) is 5.25 Å². The van der Waals surface area contributed by atoms with Crippen LogP contribution in [0.15, 0.2) is 23.6 Å². The zero-order chi connectivity index (χ0) is 8.23. The molecule has 72 valence electrons. The van der Waals surface area contributed by atoms with Crippen molar-refractivity contribution in [1.82, 2.24) is 15.3 Å². The molecule has 0 spiro atoms. The van der Waals surface area contributed by atoms with Crippen LogP contribution in [-0.2, 0) is 0 Å². The monoisotopic (exact) mass is 217 g/mol. The lowest BCUT2D eigenvalue weighted by molar-refractivity contribution is 0.858. The summed E-state index contributed by atoms with van der Waals surface area (Å²) in [6.07, 6.45) is 6.51. The van der Waals surface area contributed by atoms with Gasteiger partial charge in [-0.2, -0.15) is 0 Å². The Kier molecular flexibility index (Phi) is 4.48. The summed E-state index contributed by atoms with van der Waals surface area (Å²) < 4.78 is 0. The van der Waals surface area contributed by atoms with Crippen molar-refractivity contribution >= 4 is 24.2 Å². The Bertz CT molecular complexity index is 238. The molecule has 0 saturated carbocycles. The fourth-order valence-electron chi connectivity index (χ4n) is 1.25. The van der Waals surface area contributed by atoms with E-state index in [9.17, 15) is 0 Å². The molecule has 2 rings (SSSR count). The number of hydrogen-bond acceptors (Lipinski definition) is 4. The SMILES string of the molecule is Cl.c1cnc(S[C@@H]2CCNC2)cn1. The summed E-state index contributed by atoms with van der Waals surface area (Å²) in [4.78, 5) is 8.24. The standard InChI is InChI=1S/C8H11N3S.ClH/c1-2-9-5-7(1)12-8-6-10-3-4-11-8;/h3-4,6-7,9H,1-2,5H2;1H/t7-;/m1./s1. The molecule has 1 saturated heterocycles. The molecule has 2 heterocycles. The number of hydrogen-bond donors (Lipinski definition) is 1.